The molecule has 0 saturated heterocycles. The molecular formula is C16H27BrN2S. The van der Waals surface area contributed by atoms with Gasteiger partial charge in [0.25, 0.3) is 0 Å². The number of nitrogens with one attached hydrogen (secondary N) is 1. The van der Waals surface area contributed by atoms with Gasteiger partial charge in [0.15, 0.2) is 0 Å². The van der Waals surface area contributed by atoms with E-state index in [-0.39, 0.29) is 0 Å². The molecule has 20 heavy (non-hydrogen) atoms. The zero-order valence-electron chi connectivity index (χ0n) is 13.2. The van der Waals surface area contributed by atoms with Crippen LogP contribution in [-0.2, 0) is 6.54 Å². The molecule has 1 N–H and O–H groups in total. The summed E-state index contributed by atoms with van der Waals surface area (Å²) < 4.78 is 1.14. The molecule has 0 aliphatic carbocycles. The van der Waals surface area contributed by atoms with Gasteiger partial charge in [0, 0.05) is 35.5 Å². The molecule has 4 heteroatoms. The van der Waals surface area contributed by atoms with Crippen LogP contribution < -0.4 is 10.2 Å². The van der Waals surface area contributed by atoms with Crippen LogP contribution in [0.4, 0.5) is 5.69 Å². The van der Waals surface area contributed by atoms with Crippen molar-refractivity contribution in [3.63, 3.8) is 0 Å². The monoisotopic (exact) mass is 358 g/mol. The average molecular weight is 359 g/mol. The number of halogens is 1. The van der Waals surface area contributed by atoms with Crippen LogP contribution in [0.25, 0.3) is 0 Å². The lowest BCUT2D eigenvalue weighted by Gasteiger charge is -2.29. The van der Waals surface area contributed by atoms with Gasteiger partial charge in [0.1, 0.15) is 0 Å². The van der Waals surface area contributed by atoms with E-state index in [1.807, 2.05) is 11.8 Å². The van der Waals surface area contributed by atoms with E-state index in [9.17, 15) is 0 Å². The summed E-state index contributed by atoms with van der Waals surface area (Å²) in [6, 6.07) is 7.10. The molecule has 0 spiro atoms. The third-order valence-electron chi connectivity index (χ3n) is 3.36. The summed E-state index contributed by atoms with van der Waals surface area (Å²) in [6.07, 6.45) is 2.16. The van der Waals surface area contributed by atoms with Gasteiger partial charge in [0.2, 0.25) is 0 Å². The van der Waals surface area contributed by atoms with E-state index in [0.717, 1.165) is 23.3 Å². The van der Waals surface area contributed by atoms with E-state index < -0.39 is 0 Å². The van der Waals surface area contributed by atoms with Crippen LogP contribution in [0.2, 0.25) is 0 Å². The molecule has 1 unspecified atom stereocenters. The highest BCUT2D eigenvalue weighted by Gasteiger charge is 2.13. The van der Waals surface area contributed by atoms with Crippen molar-refractivity contribution in [2.24, 2.45) is 5.92 Å². The van der Waals surface area contributed by atoms with Crippen molar-refractivity contribution in [1.29, 1.82) is 0 Å². The van der Waals surface area contributed by atoms with Crippen molar-refractivity contribution in [2.75, 3.05) is 30.5 Å². The lowest BCUT2D eigenvalue weighted by molar-refractivity contribution is 0.551. The molecule has 2 nitrogen and oxygen atoms in total. The molecule has 0 radical (unpaired) electrons. The molecule has 0 fully saturated rings. The Balaban J connectivity index is 2.83. The van der Waals surface area contributed by atoms with Crippen molar-refractivity contribution in [2.45, 2.75) is 33.4 Å². The highest BCUT2D eigenvalue weighted by molar-refractivity contribution is 9.10. The summed E-state index contributed by atoms with van der Waals surface area (Å²) in [4.78, 5) is 2.38. The maximum absolute atomic E-state index is 3.59. The molecule has 0 bridgehead atoms. The van der Waals surface area contributed by atoms with Gasteiger partial charge in [-0.1, -0.05) is 35.8 Å². The standard InChI is InChI=1S/C16H27BrN2S/c1-12(2)9-18-10-14-6-7-15(17)8-16(14)19(4)13(3)11-20-5/h6-8,12-13,18H,9-11H2,1-5H3. The normalized spacial score (nSPS) is 12.8. The van der Waals surface area contributed by atoms with Gasteiger partial charge >= 0.3 is 0 Å². The molecule has 1 aromatic rings. The van der Waals surface area contributed by atoms with Crippen LogP contribution >= 0.6 is 27.7 Å². The predicted octanol–water partition coefficient (Wildman–Crippen LogP) is 4.38. The zero-order valence-corrected chi connectivity index (χ0v) is 15.6. The second-order valence-electron chi connectivity index (χ2n) is 5.71. The highest BCUT2D eigenvalue weighted by Crippen LogP contribution is 2.26. The van der Waals surface area contributed by atoms with Crippen molar-refractivity contribution in [3.8, 4) is 0 Å². The summed E-state index contributed by atoms with van der Waals surface area (Å²) in [7, 11) is 2.19. The van der Waals surface area contributed by atoms with Crippen molar-refractivity contribution < 1.29 is 0 Å². The minimum Gasteiger partial charge on any atom is -0.371 e. The minimum absolute atomic E-state index is 0.531. The van der Waals surface area contributed by atoms with Gasteiger partial charge in [-0.05, 0) is 43.3 Å². The van der Waals surface area contributed by atoms with E-state index in [1.165, 1.54) is 11.3 Å². The van der Waals surface area contributed by atoms with Gasteiger partial charge in [-0.3, -0.25) is 0 Å². The summed E-state index contributed by atoms with van der Waals surface area (Å²) in [5.74, 6) is 1.82. The molecule has 1 aromatic carbocycles. The van der Waals surface area contributed by atoms with Gasteiger partial charge < -0.3 is 10.2 Å². The fourth-order valence-electron chi connectivity index (χ4n) is 2.10. The summed E-state index contributed by atoms with van der Waals surface area (Å²) in [6.45, 7) is 8.74. The quantitative estimate of drug-likeness (QED) is 0.741. The van der Waals surface area contributed by atoms with Crippen LogP contribution in [0.5, 0.6) is 0 Å². The Kier molecular flexibility index (Phi) is 8.00. The second-order valence-corrected chi connectivity index (χ2v) is 7.54. The molecule has 114 valence electrons. The second kappa shape index (κ2) is 8.96. The highest BCUT2D eigenvalue weighted by atomic mass is 79.9. The molecule has 0 amide bonds. The Bertz CT molecular complexity index is 409. The van der Waals surface area contributed by atoms with E-state index in [1.54, 1.807) is 0 Å². The first-order valence-corrected chi connectivity index (χ1v) is 9.35. The zero-order chi connectivity index (χ0) is 15.1. The van der Waals surface area contributed by atoms with Crippen molar-refractivity contribution >= 4 is 33.4 Å². The fourth-order valence-corrected chi connectivity index (χ4v) is 3.16. The number of hydrogen-bond donors (Lipinski definition) is 1. The van der Waals surface area contributed by atoms with E-state index in [2.05, 4.69) is 78.4 Å². The predicted molar refractivity (Wildman–Crippen MR) is 96.9 cm³/mol. The van der Waals surface area contributed by atoms with Crippen molar-refractivity contribution in [1.82, 2.24) is 5.32 Å². The van der Waals surface area contributed by atoms with Crippen LogP contribution in [0.3, 0.4) is 0 Å². The van der Waals surface area contributed by atoms with E-state index >= 15 is 0 Å². The smallest absolute Gasteiger partial charge is 0.0423 e. The van der Waals surface area contributed by atoms with Crippen molar-refractivity contribution in [3.05, 3.63) is 28.2 Å². The molecular weight excluding hydrogens is 332 g/mol. The molecule has 0 aromatic heterocycles. The van der Waals surface area contributed by atoms with Crippen LogP contribution in [0.15, 0.2) is 22.7 Å². The largest absolute Gasteiger partial charge is 0.371 e. The number of anilines is 1. The minimum atomic E-state index is 0.531. The Morgan fingerprint density at radius 1 is 1.30 bits per heavy atom. The van der Waals surface area contributed by atoms with Crippen LogP contribution in [-0.4, -0.2) is 31.6 Å². The average Bonchev–Trinajstić information content (AvgIpc) is 2.39. The Labute approximate surface area is 136 Å². The first kappa shape index (κ1) is 17.9. The van der Waals surface area contributed by atoms with Crippen LogP contribution in [0, 0.1) is 5.92 Å². The SMILES string of the molecule is CSCC(C)N(C)c1cc(Br)ccc1CNCC(C)C. The van der Waals surface area contributed by atoms with E-state index in [0.29, 0.717) is 12.0 Å². The maximum Gasteiger partial charge on any atom is 0.0423 e. The molecule has 0 aliphatic rings. The lowest BCUT2D eigenvalue weighted by Crippen LogP contribution is -2.32. The third kappa shape index (κ3) is 5.66. The van der Waals surface area contributed by atoms with Gasteiger partial charge in [-0.25, -0.2) is 0 Å². The molecule has 1 atom stereocenters. The van der Waals surface area contributed by atoms with Crippen LogP contribution in [0.1, 0.15) is 26.3 Å². The number of thioether (sulfide) groups is 1. The lowest BCUT2D eigenvalue weighted by atomic mass is 10.1. The molecule has 0 aliphatic heterocycles. The summed E-state index contributed by atoms with van der Waals surface area (Å²) in [5, 5.41) is 3.54. The topological polar surface area (TPSA) is 15.3 Å². The summed E-state index contributed by atoms with van der Waals surface area (Å²) >= 11 is 5.49. The number of nitrogens with zero attached hydrogens (tertiary/aromatic N) is 1. The molecule has 1 rings (SSSR count). The third-order valence-corrected chi connectivity index (χ3v) is 4.67. The maximum atomic E-state index is 3.59. The van der Waals surface area contributed by atoms with Gasteiger partial charge in [-0.15, -0.1) is 0 Å². The molecule has 0 heterocycles. The Morgan fingerprint density at radius 3 is 2.60 bits per heavy atom. The fraction of sp³-hybridized carbons (Fsp3) is 0.625. The van der Waals surface area contributed by atoms with E-state index in [4.69, 9.17) is 0 Å². The first-order chi connectivity index (χ1) is 9.45. The number of rotatable bonds is 8. The number of hydrogen-bond acceptors (Lipinski definition) is 3. The Morgan fingerprint density at radius 2 is 2.00 bits per heavy atom. The molecule has 0 saturated carbocycles. The first-order valence-electron chi connectivity index (χ1n) is 7.16. The number of benzene rings is 1. The summed E-state index contributed by atoms with van der Waals surface area (Å²) in [5.41, 5.74) is 2.68. The van der Waals surface area contributed by atoms with Gasteiger partial charge in [-0.2, -0.15) is 11.8 Å². The van der Waals surface area contributed by atoms with Gasteiger partial charge in [0.05, 0.1) is 0 Å². The Hall–Kier alpha value is -0.190.